The van der Waals surface area contributed by atoms with Gasteiger partial charge in [-0.05, 0) is 12.1 Å². The highest BCUT2D eigenvalue weighted by Crippen LogP contribution is 2.39. The number of aromatic nitrogens is 1. The Morgan fingerprint density at radius 3 is 1.64 bits per heavy atom. The van der Waals surface area contributed by atoms with Crippen LogP contribution in [-0.4, -0.2) is 14.8 Å². The zero-order valence-electron chi connectivity index (χ0n) is 5.46. The minimum Gasteiger partial charge on any atom is -0.313 e. The maximum atomic E-state index is 9.09. The van der Waals surface area contributed by atoms with Crippen molar-refractivity contribution < 1.29 is 14.4 Å². The molecule has 0 unspecified atom stereocenters. The number of hydrogen-bond acceptors (Lipinski definition) is 2. The molecule has 2 N–H and O–H groups in total. The zero-order valence-corrected chi connectivity index (χ0v) is 7.11. The highest BCUT2D eigenvalue weighted by atomic mass is 35.7. The highest BCUT2D eigenvalue weighted by molar-refractivity contribution is 7.79. The van der Waals surface area contributed by atoms with Gasteiger partial charge in [0.05, 0.1) is 0 Å². The Morgan fingerprint density at radius 1 is 1.18 bits per heavy atom. The van der Waals surface area contributed by atoms with Gasteiger partial charge in [0, 0.05) is 23.6 Å². The van der Waals surface area contributed by atoms with Crippen LogP contribution in [0, 0.1) is 0 Å². The van der Waals surface area contributed by atoms with Crippen LogP contribution < -0.4 is 0 Å². The van der Waals surface area contributed by atoms with Gasteiger partial charge in [-0.25, -0.2) is 4.57 Å². The largest absolute Gasteiger partial charge is 0.419 e. The van der Waals surface area contributed by atoms with Crippen LogP contribution in [0.25, 0.3) is 0 Å². The van der Waals surface area contributed by atoms with E-state index in [1.807, 2.05) is 18.2 Å². The summed E-state index contributed by atoms with van der Waals surface area (Å²) in [5.74, 6) is 0. The second-order valence-electron chi connectivity index (χ2n) is 1.50. The molecular weight excluding hydrogens is 188 g/mol. The third kappa shape index (κ3) is 17.7. The number of rotatable bonds is 0. The van der Waals surface area contributed by atoms with E-state index in [4.69, 9.17) is 14.4 Å². The lowest BCUT2D eigenvalue weighted by molar-refractivity contribution is 0.395. The van der Waals surface area contributed by atoms with Gasteiger partial charge in [0.2, 0.25) is 0 Å². The molecule has 0 radical (unpaired) electrons. The fraction of sp³-hybridized carbons (Fsp3) is 0. The van der Waals surface area contributed by atoms with Crippen LogP contribution in [0.15, 0.2) is 30.6 Å². The monoisotopic (exact) mass is 195 g/mol. The second-order valence-corrected chi connectivity index (χ2v) is 3.76. The van der Waals surface area contributed by atoms with E-state index in [-0.39, 0.29) is 0 Å². The Bertz CT molecular complexity index is 189. The van der Waals surface area contributed by atoms with Crippen LogP contribution in [0.2, 0.25) is 0 Å². The molecule has 0 amide bonds. The van der Waals surface area contributed by atoms with Crippen molar-refractivity contribution in [1.82, 2.24) is 4.98 Å². The molecule has 1 rings (SSSR count). The van der Waals surface area contributed by atoms with Gasteiger partial charge in [0.15, 0.2) is 0 Å². The van der Waals surface area contributed by atoms with E-state index >= 15 is 0 Å². The SMILES string of the molecule is O=P(O)(O)Cl.c1ccncc1. The Labute approximate surface area is 68.8 Å². The van der Waals surface area contributed by atoms with Crippen LogP contribution in [0.3, 0.4) is 0 Å². The molecule has 0 spiro atoms. The number of nitrogens with zero attached hydrogens (tertiary/aromatic N) is 1. The maximum Gasteiger partial charge on any atom is 0.419 e. The molecule has 0 saturated carbocycles. The highest BCUT2D eigenvalue weighted by Gasteiger charge is 2.01. The molecule has 0 aromatic carbocycles. The molecule has 1 aromatic heterocycles. The molecule has 0 atom stereocenters. The summed E-state index contributed by atoms with van der Waals surface area (Å²) in [6.07, 6.45) is 3.50. The van der Waals surface area contributed by atoms with Gasteiger partial charge in [-0.2, -0.15) is 0 Å². The third-order valence-electron chi connectivity index (χ3n) is 0.566. The molecule has 0 fully saturated rings. The summed E-state index contributed by atoms with van der Waals surface area (Å²) >= 11 is 4.20. The Kier molecular flexibility index (Phi) is 5.07. The molecule has 6 heteroatoms. The van der Waals surface area contributed by atoms with Crippen molar-refractivity contribution in [3.05, 3.63) is 30.6 Å². The van der Waals surface area contributed by atoms with Crippen molar-refractivity contribution in [2.75, 3.05) is 0 Å². The van der Waals surface area contributed by atoms with E-state index in [9.17, 15) is 0 Å². The van der Waals surface area contributed by atoms with Crippen molar-refractivity contribution in [2.24, 2.45) is 0 Å². The summed E-state index contributed by atoms with van der Waals surface area (Å²) in [5, 5.41) is 0. The van der Waals surface area contributed by atoms with Gasteiger partial charge >= 0.3 is 6.95 Å². The van der Waals surface area contributed by atoms with Crippen LogP contribution in [-0.2, 0) is 4.57 Å². The summed E-state index contributed by atoms with van der Waals surface area (Å²) in [6, 6.07) is 5.72. The molecule has 0 aliphatic rings. The lowest BCUT2D eigenvalue weighted by Crippen LogP contribution is -1.58. The van der Waals surface area contributed by atoms with Gasteiger partial charge in [0.1, 0.15) is 0 Å². The van der Waals surface area contributed by atoms with E-state index < -0.39 is 6.95 Å². The van der Waals surface area contributed by atoms with Gasteiger partial charge in [-0.15, -0.1) is 0 Å². The standard InChI is InChI=1S/C5H5N.ClH2O3P/c1-2-4-6-5-3-1;1-5(2,3)4/h1-5H;(H2,2,3,4). The van der Waals surface area contributed by atoms with E-state index in [0.717, 1.165) is 0 Å². The average Bonchev–Trinajstić information content (AvgIpc) is 1.88. The molecule has 11 heavy (non-hydrogen) atoms. The van der Waals surface area contributed by atoms with Crippen molar-refractivity contribution in [3.8, 4) is 0 Å². The van der Waals surface area contributed by atoms with Gasteiger partial charge < -0.3 is 9.79 Å². The second kappa shape index (κ2) is 5.27. The lowest BCUT2D eigenvalue weighted by Gasteiger charge is -1.80. The summed E-state index contributed by atoms with van der Waals surface area (Å²) in [7, 11) is 0. The summed E-state index contributed by atoms with van der Waals surface area (Å²) in [5.41, 5.74) is 0. The van der Waals surface area contributed by atoms with E-state index in [2.05, 4.69) is 16.2 Å². The van der Waals surface area contributed by atoms with Crippen LogP contribution >= 0.6 is 18.2 Å². The van der Waals surface area contributed by atoms with Gasteiger partial charge in [-0.3, -0.25) is 4.98 Å². The maximum absolute atomic E-state index is 9.09. The Morgan fingerprint density at radius 2 is 1.55 bits per heavy atom. The fourth-order valence-corrected chi connectivity index (χ4v) is 0.313. The Balaban J connectivity index is 0.000000187. The zero-order chi connectivity index (χ0) is 8.74. The van der Waals surface area contributed by atoms with Crippen molar-refractivity contribution in [3.63, 3.8) is 0 Å². The predicted molar refractivity (Wildman–Crippen MR) is 42.1 cm³/mol. The topological polar surface area (TPSA) is 70.4 Å². The molecule has 1 aromatic rings. The molecule has 0 aliphatic heterocycles. The number of halogens is 1. The average molecular weight is 196 g/mol. The van der Waals surface area contributed by atoms with Crippen molar-refractivity contribution in [1.29, 1.82) is 0 Å². The molecule has 1 heterocycles. The molecular formula is C5H7ClNO3P. The minimum atomic E-state index is -4.17. The normalized spacial score (nSPS) is 9.73. The smallest absolute Gasteiger partial charge is 0.313 e. The van der Waals surface area contributed by atoms with Crippen molar-refractivity contribution >= 4 is 18.2 Å². The number of hydrogen-bond donors (Lipinski definition) is 2. The molecule has 0 aliphatic carbocycles. The van der Waals surface area contributed by atoms with E-state index in [1.165, 1.54) is 0 Å². The minimum absolute atomic E-state index is 1.75. The lowest BCUT2D eigenvalue weighted by atomic mass is 10.5. The number of pyridine rings is 1. The first-order valence-corrected chi connectivity index (χ1v) is 5.12. The third-order valence-corrected chi connectivity index (χ3v) is 0.566. The molecule has 0 bridgehead atoms. The van der Waals surface area contributed by atoms with Gasteiger partial charge in [0.25, 0.3) is 0 Å². The quantitative estimate of drug-likeness (QED) is 0.614. The van der Waals surface area contributed by atoms with Crippen LogP contribution in [0.5, 0.6) is 0 Å². The van der Waals surface area contributed by atoms with E-state index in [1.54, 1.807) is 12.4 Å². The summed E-state index contributed by atoms with van der Waals surface area (Å²) in [6.45, 7) is -4.17. The first-order chi connectivity index (χ1) is 5.00. The van der Waals surface area contributed by atoms with Crippen molar-refractivity contribution in [2.45, 2.75) is 0 Å². The summed E-state index contributed by atoms with van der Waals surface area (Å²) < 4.78 is 9.09. The summed E-state index contributed by atoms with van der Waals surface area (Å²) in [4.78, 5) is 18.6. The van der Waals surface area contributed by atoms with Gasteiger partial charge in [-0.1, -0.05) is 6.07 Å². The Hall–Kier alpha value is -0.410. The van der Waals surface area contributed by atoms with Crippen LogP contribution in [0.4, 0.5) is 0 Å². The molecule has 62 valence electrons. The predicted octanol–water partition coefficient (Wildman–Crippen LogP) is 1.40. The molecule has 4 nitrogen and oxygen atoms in total. The van der Waals surface area contributed by atoms with E-state index in [0.29, 0.717) is 0 Å². The first-order valence-electron chi connectivity index (χ1n) is 2.60. The first kappa shape index (κ1) is 10.6. The molecule has 0 saturated heterocycles. The van der Waals surface area contributed by atoms with Crippen LogP contribution in [0.1, 0.15) is 0 Å². The fourth-order valence-electron chi connectivity index (χ4n) is 0.313.